The van der Waals surface area contributed by atoms with Gasteiger partial charge in [0.2, 0.25) is 0 Å². The molecule has 0 amide bonds. The van der Waals surface area contributed by atoms with Crippen molar-refractivity contribution in [3.8, 4) is 0 Å². The third kappa shape index (κ3) is 2.64. The number of thioether (sulfide) groups is 1. The Balaban J connectivity index is 2.28. The first-order valence-electron chi connectivity index (χ1n) is 7.20. The lowest BCUT2D eigenvalue weighted by Gasteiger charge is -2.29. The molecule has 2 aromatic rings. The molecule has 22 heavy (non-hydrogen) atoms. The van der Waals surface area contributed by atoms with Gasteiger partial charge >= 0.3 is 0 Å². The summed E-state index contributed by atoms with van der Waals surface area (Å²) in [6.45, 7) is 11.1. The van der Waals surface area contributed by atoms with Gasteiger partial charge in [-0.2, -0.15) is 0 Å². The van der Waals surface area contributed by atoms with Crippen LogP contribution in [0.1, 0.15) is 31.2 Å². The van der Waals surface area contributed by atoms with Crippen LogP contribution in [-0.4, -0.2) is 21.4 Å². The van der Waals surface area contributed by atoms with Crippen molar-refractivity contribution in [3.63, 3.8) is 0 Å². The minimum absolute atomic E-state index is 0.0487. The van der Waals surface area contributed by atoms with Crippen LogP contribution in [0.2, 0.25) is 0 Å². The lowest BCUT2D eigenvalue weighted by molar-refractivity contribution is -0.0379. The van der Waals surface area contributed by atoms with Crippen LogP contribution in [0.3, 0.4) is 0 Å². The molecule has 0 spiro atoms. The lowest BCUT2D eigenvalue weighted by atomic mass is 9.94. The zero-order valence-electron chi connectivity index (χ0n) is 13.4. The first-order chi connectivity index (χ1) is 10.3. The first-order valence-corrected chi connectivity index (χ1v) is 9.24. The maximum absolute atomic E-state index is 13.0. The summed E-state index contributed by atoms with van der Waals surface area (Å²) >= 11 is 3.08. The number of nitrogens with zero attached hydrogens (tertiary/aromatic N) is 2. The lowest BCUT2D eigenvalue weighted by Crippen LogP contribution is -2.32. The van der Waals surface area contributed by atoms with E-state index in [1.807, 2.05) is 13.2 Å². The van der Waals surface area contributed by atoms with Gasteiger partial charge in [-0.25, -0.2) is 4.98 Å². The fourth-order valence-electron chi connectivity index (χ4n) is 2.77. The van der Waals surface area contributed by atoms with Crippen molar-refractivity contribution < 1.29 is 4.74 Å². The highest BCUT2D eigenvalue weighted by Gasteiger charge is 2.31. The maximum Gasteiger partial charge on any atom is 0.263 e. The highest BCUT2D eigenvalue weighted by molar-refractivity contribution is 7.98. The molecule has 118 valence electrons. The zero-order chi connectivity index (χ0) is 16.1. The third-order valence-electron chi connectivity index (χ3n) is 3.77. The zero-order valence-corrected chi connectivity index (χ0v) is 15.0. The predicted molar refractivity (Wildman–Crippen MR) is 93.0 cm³/mol. The topological polar surface area (TPSA) is 44.1 Å². The van der Waals surface area contributed by atoms with E-state index in [4.69, 9.17) is 9.72 Å². The van der Waals surface area contributed by atoms with Crippen LogP contribution >= 0.6 is 23.1 Å². The van der Waals surface area contributed by atoms with Crippen LogP contribution in [0.25, 0.3) is 10.2 Å². The van der Waals surface area contributed by atoms with E-state index in [9.17, 15) is 4.79 Å². The van der Waals surface area contributed by atoms with E-state index in [1.54, 1.807) is 15.9 Å². The number of ether oxygens (including phenoxy) is 1. The van der Waals surface area contributed by atoms with Crippen molar-refractivity contribution in [2.75, 3.05) is 6.26 Å². The van der Waals surface area contributed by atoms with E-state index in [2.05, 4.69) is 20.4 Å². The molecule has 0 N–H and O–H groups in total. The molecule has 0 atom stereocenters. The number of allylic oxidation sites excluding steroid dienone is 1. The smallest absolute Gasteiger partial charge is 0.263 e. The summed E-state index contributed by atoms with van der Waals surface area (Å²) in [5.41, 5.74) is 1.89. The van der Waals surface area contributed by atoms with Gasteiger partial charge in [-0.3, -0.25) is 9.36 Å². The Labute approximate surface area is 138 Å². The van der Waals surface area contributed by atoms with Crippen molar-refractivity contribution in [1.29, 1.82) is 0 Å². The normalized spacial score (nSPS) is 16.7. The Morgan fingerprint density at radius 2 is 2.27 bits per heavy atom. The predicted octanol–water partition coefficient (Wildman–Crippen LogP) is 3.61. The summed E-state index contributed by atoms with van der Waals surface area (Å²) in [5, 5.41) is 1.52. The van der Waals surface area contributed by atoms with E-state index >= 15 is 0 Å². The van der Waals surface area contributed by atoms with Crippen LogP contribution in [-0.2, 0) is 24.3 Å². The molecule has 0 unspecified atom stereocenters. The molecular formula is C16H20N2O2S2. The average molecular weight is 336 g/mol. The van der Waals surface area contributed by atoms with Gasteiger partial charge in [-0.1, -0.05) is 23.9 Å². The van der Waals surface area contributed by atoms with Crippen LogP contribution in [0.5, 0.6) is 0 Å². The van der Waals surface area contributed by atoms with Gasteiger partial charge < -0.3 is 4.74 Å². The standard InChI is InChI=1S/C16H20N2O2S2/c1-9(2)7-18-14(19)12-10-6-16(3,4)20-8-11(10)22-13(12)17-15(18)21-5/h1,6-8H2,2-5H3. The van der Waals surface area contributed by atoms with Crippen molar-refractivity contribution in [2.45, 2.75) is 51.1 Å². The molecular weight excluding hydrogens is 316 g/mol. The second-order valence-electron chi connectivity index (χ2n) is 6.36. The Morgan fingerprint density at radius 1 is 1.55 bits per heavy atom. The molecule has 0 saturated heterocycles. The van der Waals surface area contributed by atoms with Crippen molar-refractivity contribution >= 4 is 33.3 Å². The number of rotatable bonds is 3. The fraction of sp³-hybridized carbons (Fsp3) is 0.500. The largest absolute Gasteiger partial charge is 0.370 e. The molecule has 0 saturated carbocycles. The van der Waals surface area contributed by atoms with Crippen molar-refractivity contribution in [2.24, 2.45) is 0 Å². The summed E-state index contributed by atoms with van der Waals surface area (Å²) in [6.07, 6.45) is 2.70. The summed E-state index contributed by atoms with van der Waals surface area (Å²) < 4.78 is 7.61. The Hall–Kier alpha value is -1.11. The van der Waals surface area contributed by atoms with Crippen LogP contribution in [0, 0.1) is 0 Å². The third-order valence-corrected chi connectivity index (χ3v) is 5.54. The summed E-state index contributed by atoms with van der Waals surface area (Å²) in [7, 11) is 0. The van der Waals surface area contributed by atoms with Gasteiger partial charge in [-0.05, 0) is 32.6 Å². The number of hydrogen-bond acceptors (Lipinski definition) is 5. The van der Waals surface area contributed by atoms with Gasteiger partial charge in [0.1, 0.15) is 4.83 Å². The van der Waals surface area contributed by atoms with E-state index in [0.29, 0.717) is 13.2 Å². The fourth-order valence-corrected chi connectivity index (χ4v) is 4.47. The summed E-state index contributed by atoms with van der Waals surface area (Å²) in [5.74, 6) is 0. The highest BCUT2D eigenvalue weighted by Crippen LogP contribution is 2.37. The molecule has 0 radical (unpaired) electrons. The quantitative estimate of drug-likeness (QED) is 0.488. The van der Waals surface area contributed by atoms with Gasteiger partial charge in [0, 0.05) is 17.8 Å². The molecule has 1 aliphatic rings. The molecule has 0 aliphatic carbocycles. The van der Waals surface area contributed by atoms with Crippen LogP contribution in [0.4, 0.5) is 0 Å². The van der Waals surface area contributed by atoms with E-state index in [-0.39, 0.29) is 11.2 Å². The Kier molecular flexibility index (Phi) is 3.95. The minimum Gasteiger partial charge on any atom is -0.370 e. The van der Waals surface area contributed by atoms with Gasteiger partial charge in [-0.15, -0.1) is 11.3 Å². The first kappa shape index (κ1) is 15.8. The number of aromatic nitrogens is 2. The molecule has 6 heteroatoms. The van der Waals surface area contributed by atoms with Crippen molar-refractivity contribution in [1.82, 2.24) is 9.55 Å². The van der Waals surface area contributed by atoms with Gasteiger partial charge in [0.15, 0.2) is 5.16 Å². The average Bonchev–Trinajstić information content (AvgIpc) is 2.77. The Morgan fingerprint density at radius 3 is 2.91 bits per heavy atom. The van der Waals surface area contributed by atoms with Gasteiger partial charge in [0.05, 0.1) is 17.6 Å². The molecule has 1 aliphatic heterocycles. The number of hydrogen-bond donors (Lipinski definition) is 0. The molecule has 2 aromatic heterocycles. The van der Waals surface area contributed by atoms with Crippen LogP contribution in [0.15, 0.2) is 22.1 Å². The summed E-state index contributed by atoms with van der Waals surface area (Å²) in [6, 6.07) is 0. The summed E-state index contributed by atoms with van der Waals surface area (Å²) in [4.78, 5) is 19.7. The SMILES string of the molecule is C=C(C)Cn1c(SC)nc2sc3c(c2c1=O)CC(C)(C)OC3. The second kappa shape index (κ2) is 5.51. The number of thiophene rings is 1. The van der Waals surface area contributed by atoms with E-state index in [1.165, 1.54) is 11.8 Å². The number of fused-ring (bicyclic) bond motifs is 3. The molecule has 3 rings (SSSR count). The van der Waals surface area contributed by atoms with Crippen LogP contribution < -0.4 is 5.56 Å². The molecule has 0 fully saturated rings. The minimum atomic E-state index is -0.231. The van der Waals surface area contributed by atoms with E-state index in [0.717, 1.165) is 37.8 Å². The van der Waals surface area contributed by atoms with Gasteiger partial charge in [0.25, 0.3) is 5.56 Å². The maximum atomic E-state index is 13.0. The second-order valence-corrected chi connectivity index (χ2v) is 8.21. The van der Waals surface area contributed by atoms with Crippen molar-refractivity contribution in [3.05, 3.63) is 32.9 Å². The van der Waals surface area contributed by atoms with E-state index < -0.39 is 0 Å². The molecule has 0 aromatic carbocycles. The molecule has 4 nitrogen and oxygen atoms in total. The highest BCUT2D eigenvalue weighted by atomic mass is 32.2. The molecule has 3 heterocycles. The molecule has 0 bridgehead atoms. The monoisotopic (exact) mass is 336 g/mol. The Bertz CT molecular complexity index is 818.